The minimum absolute atomic E-state index is 0.0374. The molecule has 0 aliphatic carbocycles. The fourth-order valence-electron chi connectivity index (χ4n) is 2.00. The molecular formula is C17H19NO2S. The second kappa shape index (κ2) is 7.74. The molecule has 0 aliphatic rings. The van der Waals surface area contributed by atoms with Crippen molar-refractivity contribution in [1.82, 2.24) is 5.32 Å². The van der Waals surface area contributed by atoms with Crippen LogP contribution in [0.3, 0.4) is 0 Å². The Kier molecular flexibility index (Phi) is 5.69. The summed E-state index contributed by atoms with van der Waals surface area (Å²) in [5.41, 5.74) is 2.17. The van der Waals surface area contributed by atoms with Gasteiger partial charge in [-0.2, -0.15) is 0 Å². The minimum Gasteiger partial charge on any atom is -0.497 e. The van der Waals surface area contributed by atoms with Crippen LogP contribution in [0.25, 0.3) is 0 Å². The lowest BCUT2D eigenvalue weighted by Gasteiger charge is -2.06. The molecule has 4 heteroatoms. The molecule has 0 aliphatic heterocycles. The summed E-state index contributed by atoms with van der Waals surface area (Å²) in [5.74, 6) is 0.880. The lowest BCUT2D eigenvalue weighted by molar-refractivity contribution is -0.120. The van der Waals surface area contributed by atoms with Crippen LogP contribution in [0.5, 0.6) is 5.75 Å². The first-order valence-corrected chi connectivity index (χ1v) is 7.29. The van der Waals surface area contributed by atoms with Gasteiger partial charge in [-0.15, -0.1) is 12.6 Å². The molecule has 0 unspecified atom stereocenters. The van der Waals surface area contributed by atoms with Gasteiger partial charge in [0, 0.05) is 11.4 Å². The van der Waals surface area contributed by atoms with Crippen LogP contribution in [0.4, 0.5) is 0 Å². The number of hydrogen-bond donors (Lipinski definition) is 2. The van der Waals surface area contributed by atoms with Gasteiger partial charge in [-0.1, -0.05) is 24.3 Å². The molecule has 0 bridgehead atoms. The first-order chi connectivity index (χ1) is 10.2. The van der Waals surface area contributed by atoms with Crippen molar-refractivity contribution in [1.29, 1.82) is 0 Å². The van der Waals surface area contributed by atoms with Gasteiger partial charge in [0.05, 0.1) is 13.5 Å². The zero-order valence-corrected chi connectivity index (χ0v) is 12.9. The molecular weight excluding hydrogens is 282 g/mol. The van der Waals surface area contributed by atoms with E-state index in [9.17, 15) is 4.79 Å². The Morgan fingerprint density at radius 1 is 1.05 bits per heavy atom. The van der Waals surface area contributed by atoms with Crippen LogP contribution in [0.2, 0.25) is 0 Å². The van der Waals surface area contributed by atoms with Crippen LogP contribution in [-0.4, -0.2) is 19.6 Å². The van der Waals surface area contributed by atoms with E-state index in [1.54, 1.807) is 7.11 Å². The zero-order chi connectivity index (χ0) is 15.1. The van der Waals surface area contributed by atoms with E-state index in [0.29, 0.717) is 13.0 Å². The monoisotopic (exact) mass is 301 g/mol. The molecule has 0 aromatic heterocycles. The van der Waals surface area contributed by atoms with Gasteiger partial charge in [0.2, 0.25) is 5.91 Å². The number of nitrogens with one attached hydrogen (secondary N) is 1. The maximum Gasteiger partial charge on any atom is 0.224 e. The van der Waals surface area contributed by atoms with Crippen molar-refractivity contribution in [3.05, 3.63) is 59.7 Å². The molecule has 0 radical (unpaired) electrons. The van der Waals surface area contributed by atoms with Crippen molar-refractivity contribution < 1.29 is 9.53 Å². The smallest absolute Gasteiger partial charge is 0.224 e. The van der Waals surface area contributed by atoms with Crippen LogP contribution in [0, 0.1) is 0 Å². The van der Waals surface area contributed by atoms with Gasteiger partial charge in [0.15, 0.2) is 0 Å². The Morgan fingerprint density at radius 3 is 2.29 bits per heavy atom. The molecule has 2 aromatic carbocycles. The van der Waals surface area contributed by atoms with E-state index in [1.165, 1.54) is 5.56 Å². The summed E-state index contributed by atoms with van der Waals surface area (Å²) in [6.07, 6.45) is 1.21. The molecule has 21 heavy (non-hydrogen) atoms. The summed E-state index contributed by atoms with van der Waals surface area (Å²) in [5, 5.41) is 2.93. The predicted molar refractivity (Wildman–Crippen MR) is 87.1 cm³/mol. The third kappa shape index (κ3) is 5.16. The molecule has 2 aromatic rings. The Balaban J connectivity index is 1.74. The summed E-state index contributed by atoms with van der Waals surface area (Å²) < 4.78 is 5.11. The second-order valence-corrected chi connectivity index (χ2v) is 5.31. The van der Waals surface area contributed by atoms with Gasteiger partial charge in [0.25, 0.3) is 0 Å². The van der Waals surface area contributed by atoms with Gasteiger partial charge in [0.1, 0.15) is 5.75 Å². The summed E-state index contributed by atoms with van der Waals surface area (Å²) in [6.45, 7) is 0.635. The number of rotatable bonds is 6. The fraction of sp³-hybridized carbons (Fsp3) is 0.235. The van der Waals surface area contributed by atoms with Crippen molar-refractivity contribution in [2.24, 2.45) is 0 Å². The quantitative estimate of drug-likeness (QED) is 0.805. The number of methoxy groups -OCH3 is 1. The molecule has 0 fully saturated rings. The van der Waals surface area contributed by atoms with E-state index in [-0.39, 0.29) is 5.91 Å². The van der Waals surface area contributed by atoms with Crippen LogP contribution < -0.4 is 10.1 Å². The standard InChI is InChI=1S/C17H19NO2S/c1-20-15-6-2-13(3-7-15)10-11-18-17(19)12-14-4-8-16(21)9-5-14/h2-9,21H,10-12H2,1H3,(H,18,19). The SMILES string of the molecule is COc1ccc(CCNC(=O)Cc2ccc(S)cc2)cc1. The minimum atomic E-state index is 0.0374. The largest absolute Gasteiger partial charge is 0.497 e. The molecule has 0 heterocycles. The first-order valence-electron chi connectivity index (χ1n) is 6.85. The molecule has 0 saturated heterocycles. The van der Waals surface area contributed by atoms with Crippen molar-refractivity contribution in [2.45, 2.75) is 17.7 Å². The maximum atomic E-state index is 11.8. The Bertz CT molecular complexity index is 579. The van der Waals surface area contributed by atoms with Crippen molar-refractivity contribution in [3.63, 3.8) is 0 Å². The normalized spacial score (nSPS) is 10.2. The fourth-order valence-corrected chi connectivity index (χ4v) is 2.15. The van der Waals surface area contributed by atoms with E-state index in [4.69, 9.17) is 4.74 Å². The third-order valence-corrected chi connectivity index (χ3v) is 3.49. The van der Waals surface area contributed by atoms with Crippen LogP contribution in [0.1, 0.15) is 11.1 Å². The molecule has 1 amide bonds. The number of ether oxygens (including phenoxy) is 1. The van der Waals surface area contributed by atoms with Crippen LogP contribution >= 0.6 is 12.6 Å². The molecule has 3 nitrogen and oxygen atoms in total. The predicted octanol–water partition coefficient (Wildman–Crippen LogP) is 2.89. The lowest BCUT2D eigenvalue weighted by Crippen LogP contribution is -2.27. The van der Waals surface area contributed by atoms with E-state index in [1.807, 2.05) is 48.5 Å². The maximum absolute atomic E-state index is 11.8. The van der Waals surface area contributed by atoms with Gasteiger partial charge in [-0.05, 0) is 41.8 Å². The van der Waals surface area contributed by atoms with E-state index in [0.717, 1.165) is 22.6 Å². The highest BCUT2D eigenvalue weighted by molar-refractivity contribution is 7.80. The van der Waals surface area contributed by atoms with Gasteiger partial charge < -0.3 is 10.1 Å². The zero-order valence-electron chi connectivity index (χ0n) is 12.0. The lowest BCUT2D eigenvalue weighted by atomic mass is 10.1. The Morgan fingerprint density at radius 2 is 1.67 bits per heavy atom. The number of thiol groups is 1. The topological polar surface area (TPSA) is 38.3 Å². The molecule has 1 N–H and O–H groups in total. The summed E-state index contributed by atoms with van der Waals surface area (Å²) >= 11 is 4.22. The Labute approximate surface area is 130 Å². The molecule has 2 rings (SSSR count). The van der Waals surface area contributed by atoms with Crippen LogP contribution in [-0.2, 0) is 17.6 Å². The third-order valence-electron chi connectivity index (χ3n) is 3.20. The molecule has 0 saturated carbocycles. The van der Waals surface area contributed by atoms with Crippen molar-refractivity contribution >= 4 is 18.5 Å². The summed E-state index contributed by atoms with van der Waals surface area (Å²) in [4.78, 5) is 12.7. The Hall–Kier alpha value is -1.94. The average molecular weight is 301 g/mol. The molecule has 0 spiro atoms. The van der Waals surface area contributed by atoms with Gasteiger partial charge >= 0.3 is 0 Å². The van der Waals surface area contributed by atoms with Gasteiger partial charge in [-0.25, -0.2) is 0 Å². The number of hydrogen-bond acceptors (Lipinski definition) is 3. The second-order valence-electron chi connectivity index (χ2n) is 4.79. The number of benzene rings is 2. The summed E-state index contributed by atoms with van der Waals surface area (Å²) in [6, 6.07) is 15.5. The molecule has 0 atom stereocenters. The van der Waals surface area contributed by atoms with Crippen molar-refractivity contribution in [2.75, 3.05) is 13.7 Å². The highest BCUT2D eigenvalue weighted by Crippen LogP contribution is 2.11. The molecule has 110 valence electrons. The summed E-state index contributed by atoms with van der Waals surface area (Å²) in [7, 11) is 1.65. The highest BCUT2D eigenvalue weighted by Gasteiger charge is 2.03. The average Bonchev–Trinajstić information content (AvgIpc) is 2.50. The highest BCUT2D eigenvalue weighted by atomic mass is 32.1. The first kappa shape index (κ1) is 15.4. The van der Waals surface area contributed by atoms with E-state index < -0.39 is 0 Å². The van der Waals surface area contributed by atoms with Crippen LogP contribution in [0.15, 0.2) is 53.4 Å². The number of carbonyl (C=O) groups is 1. The number of amides is 1. The van der Waals surface area contributed by atoms with Gasteiger partial charge in [-0.3, -0.25) is 4.79 Å². The van der Waals surface area contributed by atoms with E-state index in [2.05, 4.69) is 17.9 Å². The van der Waals surface area contributed by atoms with Crippen molar-refractivity contribution in [3.8, 4) is 5.75 Å². The van der Waals surface area contributed by atoms with E-state index >= 15 is 0 Å². The number of carbonyl (C=O) groups excluding carboxylic acids is 1.